The molecule has 0 aliphatic rings. The molecule has 0 unspecified atom stereocenters. The van der Waals surface area contributed by atoms with Gasteiger partial charge in [0.25, 0.3) is 0 Å². The van der Waals surface area contributed by atoms with Gasteiger partial charge in [-0.1, -0.05) is 0 Å². The van der Waals surface area contributed by atoms with Gasteiger partial charge in [-0.25, -0.2) is 0 Å². The Bertz CT molecular complexity index is 442. The van der Waals surface area contributed by atoms with Crippen LogP contribution >= 0.6 is 24.4 Å². The molecule has 0 fully saturated rings. The molecule has 0 bridgehead atoms. The van der Waals surface area contributed by atoms with Gasteiger partial charge in [0.15, 0.2) is 10.2 Å². The third-order valence-corrected chi connectivity index (χ3v) is 1.78. The molecule has 1 aromatic heterocycles. The molecule has 0 saturated heterocycles. The van der Waals surface area contributed by atoms with Gasteiger partial charge < -0.3 is 10.2 Å². The minimum absolute atomic E-state index is 0.0210. The Morgan fingerprint density at radius 3 is 2.76 bits per heavy atom. The summed E-state index contributed by atoms with van der Waals surface area (Å²) in [6.45, 7) is 0. The molecule has 5 N–H and O–H groups in total. The van der Waals surface area contributed by atoms with Crippen molar-refractivity contribution in [1.29, 1.82) is 0 Å². The maximum Gasteiger partial charge on any atom is 0.250 e. The fraction of sp³-hybridized carbons (Fsp3) is 0. The van der Waals surface area contributed by atoms with Gasteiger partial charge in [-0.3, -0.25) is 21.0 Å². The predicted molar refractivity (Wildman–Crippen MR) is 71.5 cm³/mol. The predicted octanol–water partition coefficient (Wildman–Crippen LogP) is 0.0317. The van der Waals surface area contributed by atoms with Gasteiger partial charge in [-0.15, -0.1) is 0 Å². The molecular formula is C9H10N4O2S2. The van der Waals surface area contributed by atoms with Crippen LogP contribution in [0.3, 0.4) is 0 Å². The highest BCUT2D eigenvalue weighted by Gasteiger charge is 2.00. The summed E-state index contributed by atoms with van der Waals surface area (Å²) < 4.78 is 5.01. The van der Waals surface area contributed by atoms with E-state index in [0.29, 0.717) is 5.76 Å². The highest BCUT2D eigenvalue weighted by atomic mass is 32.1. The van der Waals surface area contributed by atoms with Crippen LogP contribution in [0.2, 0.25) is 0 Å². The van der Waals surface area contributed by atoms with Crippen molar-refractivity contribution in [3.8, 4) is 0 Å². The Morgan fingerprint density at radius 2 is 2.18 bits per heavy atom. The van der Waals surface area contributed by atoms with E-state index in [1.54, 1.807) is 12.1 Å². The van der Waals surface area contributed by atoms with E-state index in [-0.39, 0.29) is 10.2 Å². The minimum atomic E-state index is -0.399. The second kappa shape index (κ2) is 6.61. The van der Waals surface area contributed by atoms with E-state index in [1.807, 2.05) is 0 Å². The Labute approximate surface area is 108 Å². The van der Waals surface area contributed by atoms with Crippen molar-refractivity contribution < 1.29 is 9.21 Å². The third-order valence-electron chi connectivity index (χ3n) is 1.48. The lowest BCUT2D eigenvalue weighted by atomic mass is 10.4. The van der Waals surface area contributed by atoms with Crippen LogP contribution in [0.15, 0.2) is 28.9 Å². The molecule has 0 radical (unpaired) electrons. The van der Waals surface area contributed by atoms with E-state index < -0.39 is 5.91 Å². The molecule has 8 heteroatoms. The average Bonchev–Trinajstić information content (AvgIpc) is 2.76. The van der Waals surface area contributed by atoms with Crippen LogP contribution in [0.4, 0.5) is 0 Å². The number of hydrogen-bond donors (Lipinski definition) is 4. The summed E-state index contributed by atoms with van der Waals surface area (Å²) in [6, 6.07) is 3.44. The first-order chi connectivity index (χ1) is 8.08. The first-order valence-corrected chi connectivity index (χ1v) is 5.27. The van der Waals surface area contributed by atoms with Crippen LogP contribution < -0.4 is 21.9 Å². The number of thiocarbonyl (C=S) groups is 2. The topological polar surface area (TPSA) is 92.3 Å². The summed E-state index contributed by atoms with van der Waals surface area (Å²) in [7, 11) is 0. The molecular weight excluding hydrogens is 260 g/mol. The monoisotopic (exact) mass is 270 g/mol. The number of amides is 1. The van der Waals surface area contributed by atoms with Crippen LogP contribution in [0, 0.1) is 0 Å². The molecule has 90 valence electrons. The Balaban J connectivity index is 2.34. The summed E-state index contributed by atoms with van der Waals surface area (Å²) in [5.74, 6) is 0.170. The second-order valence-electron chi connectivity index (χ2n) is 2.78. The maximum atomic E-state index is 11.3. The zero-order valence-electron chi connectivity index (χ0n) is 8.60. The van der Waals surface area contributed by atoms with Gasteiger partial charge in [-0.2, -0.15) is 0 Å². The number of carbonyl (C=O) groups excluding carboxylic acids is 1. The largest absolute Gasteiger partial charge is 0.465 e. The zero-order valence-corrected chi connectivity index (χ0v) is 10.2. The molecule has 17 heavy (non-hydrogen) atoms. The van der Waals surface area contributed by atoms with Gasteiger partial charge >= 0.3 is 0 Å². The quantitative estimate of drug-likeness (QED) is 0.342. The van der Waals surface area contributed by atoms with Crippen LogP contribution in [0.1, 0.15) is 5.76 Å². The maximum absolute atomic E-state index is 11.3. The van der Waals surface area contributed by atoms with E-state index in [0.717, 1.165) is 0 Å². The molecule has 1 aromatic rings. The smallest absolute Gasteiger partial charge is 0.250 e. The van der Waals surface area contributed by atoms with Gasteiger partial charge in [0.05, 0.1) is 6.26 Å². The molecule has 0 atom stereocenters. The zero-order chi connectivity index (χ0) is 12.7. The Hall–Kier alpha value is -1.93. The minimum Gasteiger partial charge on any atom is -0.465 e. The van der Waals surface area contributed by atoms with E-state index in [4.69, 9.17) is 22.4 Å². The van der Waals surface area contributed by atoms with E-state index in [2.05, 4.69) is 28.4 Å². The Kier molecular flexibility index (Phi) is 5.11. The summed E-state index contributed by atoms with van der Waals surface area (Å²) in [5, 5.41) is 2.46. The van der Waals surface area contributed by atoms with Gasteiger partial charge in [-0.05, 0) is 42.6 Å². The number of hydrogen-bond acceptors (Lipinski definition) is 4. The molecule has 0 aliphatic carbocycles. The lowest BCUT2D eigenvalue weighted by Gasteiger charge is -2.08. The number of rotatable bonds is 2. The van der Waals surface area contributed by atoms with E-state index >= 15 is 0 Å². The van der Waals surface area contributed by atoms with E-state index in [1.165, 1.54) is 18.4 Å². The van der Waals surface area contributed by atoms with E-state index in [9.17, 15) is 4.79 Å². The van der Waals surface area contributed by atoms with Crippen LogP contribution in [-0.2, 0) is 4.79 Å². The van der Waals surface area contributed by atoms with Crippen molar-refractivity contribution in [2.75, 3.05) is 0 Å². The first-order valence-electron chi connectivity index (χ1n) is 4.46. The van der Waals surface area contributed by atoms with Crippen LogP contribution in [0.5, 0.6) is 0 Å². The van der Waals surface area contributed by atoms with Crippen molar-refractivity contribution in [1.82, 2.24) is 16.2 Å². The summed E-state index contributed by atoms with van der Waals surface area (Å²) in [4.78, 5) is 11.3. The van der Waals surface area contributed by atoms with Crippen molar-refractivity contribution in [3.63, 3.8) is 0 Å². The van der Waals surface area contributed by atoms with Gasteiger partial charge in [0.1, 0.15) is 5.76 Å². The fourth-order valence-corrected chi connectivity index (χ4v) is 1.05. The number of hydrazine groups is 1. The third kappa shape index (κ3) is 5.64. The summed E-state index contributed by atoms with van der Waals surface area (Å²) >= 11 is 9.32. The standard InChI is InChI=1S/C9H10N4O2S2/c10-8(16)12-13-9(17)11-7(14)4-3-6-2-1-5-15-6/h1-5H,(H3,10,12,16)(H2,11,13,14,17)/b4-3+. The SMILES string of the molecule is NC(=S)NNC(=S)NC(=O)/C=C/c1ccco1. The number of carbonyl (C=O) groups is 1. The molecule has 1 rings (SSSR count). The second-order valence-corrected chi connectivity index (χ2v) is 3.63. The number of furan rings is 1. The van der Waals surface area contributed by atoms with Gasteiger partial charge in [0.2, 0.25) is 5.91 Å². The molecule has 6 nitrogen and oxygen atoms in total. The highest BCUT2D eigenvalue weighted by Crippen LogP contribution is 2.01. The number of nitrogens with two attached hydrogens (primary N) is 1. The number of nitrogens with one attached hydrogen (secondary N) is 3. The lowest BCUT2D eigenvalue weighted by Crippen LogP contribution is -2.49. The van der Waals surface area contributed by atoms with Crippen molar-refractivity contribution >= 4 is 46.6 Å². The highest BCUT2D eigenvalue weighted by molar-refractivity contribution is 7.80. The fourth-order valence-electron chi connectivity index (χ4n) is 0.847. The van der Waals surface area contributed by atoms with Crippen molar-refractivity contribution in [2.45, 2.75) is 0 Å². The van der Waals surface area contributed by atoms with Crippen LogP contribution in [0.25, 0.3) is 6.08 Å². The Morgan fingerprint density at radius 1 is 1.41 bits per heavy atom. The molecule has 1 heterocycles. The normalized spacial score (nSPS) is 9.88. The summed E-state index contributed by atoms with van der Waals surface area (Å²) in [6.07, 6.45) is 4.31. The van der Waals surface area contributed by atoms with Crippen molar-refractivity contribution in [3.05, 3.63) is 30.2 Å². The molecule has 0 saturated carbocycles. The average molecular weight is 270 g/mol. The summed E-state index contributed by atoms with van der Waals surface area (Å²) in [5.41, 5.74) is 9.97. The van der Waals surface area contributed by atoms with Gasteiger partial charge in [0, 0.05) is 6.08 Å². The lowest BCUT2D eigenvalue weighted by molar-refractivity contribution is -0.115. The first kappa shape index (κ1) is 13.1. The molecule has 0 aromatic carbocycles. The molecule has 1 amide bonds. The molecule has 0 spiro atoms. The van der Waals surface area contributed by atoms with Crippen LogP contribution in [-0.4, -0.2) is 16.1 Å². The molecule has 0 aliphatic heterocycles. The van der Waals surface area contributed by atoms with Crippen molar-refractivity contribution in [2.24, 2.45) is 5.73 Å².